The third-order valence-electron chi connectivity index (χ3n) is 4.25. The summed E-state index contributed by atoms with van der Waals surface area (Å²) >= 11 is 1.44. The number of amides is 1. The molecule has 132 valence electrons. The van der Waals surface area contributed by atoms with Gasteiger partial charge in [0.05, 0.1) is 5.25 Å². The molecule has 0 spiro atoms. The van der Waals surface area contributed by atoms with Crippen LogP contribution in [0.4, 0.5) is 0 Å². The first-order chi connectivity index (χ1) is 12.7. The van der Waals surface area contributed by atoms with Crippen molar-refractivity contribution in [2.45, 2.75) is 36.2 Å². The molecule has 1 atom stereocenters. The fourth-order valence-electron chi connectivity index (χ4n) is 2.69. The zero-order chi connectivity index (χ0) is 17.9. The highest BCUT2D eigenvalue weighted by Crippen LogP contribution is 2.30. The SMILES string of the molecule is CC(Sc1nnc(-c2ccccc2)n1-c1ccccc1)C(=O)NC1CC1. The summed E-state index contributed by atoms with van der Waals surface area (Å²) in [5.74, 6) is 0.829. The number of rotatable bonds is 6. The van der Waals surface area contributed by atoms with Crippen LogP contribution in [0, 0.1) is 0 Å². The minimum Gasteiger partial charge on any atom is -0.352 e. The van der Waals surface area contributed by atoms with Crippen molar-refractivity contribution >= 4 is 17.7 Å². The van der Waals surface area contributed by atoms with E-state index in [1.807, 2.05) is 72.2 Å². The molecule has 26 heavy (non-hydrogen) atoms. The number of nitrogens with one attached hydrogen (secondary N) is 1. The van der Waals surface area contributed by atoms with Crippen LogP contribution in [-0.4, -0.2) is 32.0 Å². The van der Waals surface area contributed by atoms with Gasteiger partial charge in [-0.2, -0.15) is 0 Å². The van der Waals surface area contributed by atoms with Crippen molar-refractivity contribution in [3.8, 4) is 17.1 Å². The van der Waals surface area contributed by atoms with Crippen LogP contribution in [0.1, 0.15) is 19.8 Å². The van der Waals surface area contributed by atoms with Gasteiger partial charge in [-0.3, -0.25) is 9.36 Å². The standard InChI is InChI=1S/C20H20N4OS/c1-14(19(25)21-16-12-13-16)26-20-23-22-18(15-8-4-2-5-9-15)24(20)17-10-6-3-7-11-17/h2-11,14,16H,12-13H2,1H3,(H,21,25). The number of benzene rings is 2. The van der Waals surface area contributed by atoms with Gasteiger partial charge in [-0.15, -0.1) is 10.2 Å². The van der Waals surface area contributed by atoms with Crippen LogP contribution < -0.4 is 5.32 Å². The number of para-hydroxylation sites is 1. The van der Waals surface area contributed by atoms with Gasteiger partial charge in [-0.1, -0.05) is 60.3 Å². The second kappa shape index (κ2) is 7.33. The van der Waals surface area contributed by atoms with Crippen molar-refractivity contribution < 1.29 is 4.79 Å². The van der Waals surface area contributed by atoms with Crippen LogP contribution in [0.2, 0.25) is 0 Å². The van der Waals surface area contributed by atoms with Crippen LogP contribution >= 0.6 is 11.8 Å². The van der Waals surface area contributed by atoms with Gasteiger partial charge in [0.2, 0.25) is 5.91 Å². The second-order valence-electron chi connectivity index (χ2n) is 6.39. The van der Waals surface area contributed by atoms with Crippen LogP contribution in [0.3, 0.4) is 0 Å². The topological polar surface area (TPSA) is 59.8 Å². The van der Waals surface area contributed by atoms with E-state index in [4.69, 9.17) is 0 Å². The van der Waals surface area contributed by atoms with Gasteiger partial charge in [-0.25, -0.2) is 0 Å². The summed E-state index contributed by atoms with van der Waals surface area (Å²) in [6, 6.07) is 20.3. The summed E-state index contributed by atoms with van der Waals surface area (Å²) in [5, 5.41) is 12.3. The van der Waals surface area contributed by atoms with Crippen LogP contribution in [0.5, 0.6) is 0 Å². The van der Waals surface area contributed by atoms with Crippen molar-refractivity contribution in [3.05, 3.63) is 60.7 Å². The minimum absolute atomic E-state index is 0.0568. The lowest BCUT2D eigenvalue weighted by molar-refractivity contribution is -0.120. The Balaban J connectivity index is 1.68. The Morgan fingerprint density at radius 2 is 1.73 bits per heavy atom. The Bertz CT molecular complexity index is 891. The molecule has 6 heteroatoms. The van der Waals surface area contributed by atoms with E-state index in [0.717, 1.165) is 29.9 Å². The molecule has 0 saturated heterocycles. The van der Waals surface area contributed by atoms with Gasteiger partial charge in [0, 0.05) is 17.3 Å². The van der Waals surface area contributed by atoms with Gasteiger partial charge < -0.3 is 5.32 Å². The summed E-state index contributed by atoms with van der Waals surface area (Å²) in [5.41, 5.74) is 1.97. The molecule has 3 aromatic rings. The van der Waals surface area contributed by atoms with Crippen molar-refractivity contribution in [1.29, 1.82) is 0 Å². The maximum absolute atomic E-state index is 12.3. The monoisotopic (exact) mass is 364 g/mol. The normalized spacial score (nSPS) is 14.8. The zero-order valence-corrected chi connectivity index (χ0v) is 15.3. The molecule has 2 aromatic carbocycles. The lowest BCUT2D eigenvalue weighted by Gasteiger charge is -2.13. The molecule has 1 aliphatic carbocycles. The molecule has 1 unspecified atom stereocenters. The van der Waals surface area contributed by atoms with Crippen molar-refractivity contribution in [1.82, 2.24) is 20.1 Å². The van der Waals surface area contributed by atoms with Crippen molar-refractivity contribution in [2.24, 2.45) is 0 Å². The van der Waals surface area contributed by atoms with E-state index < -0.39 is 0 Å². The number of aromatic nitrogens is 3. The number of thioether (sulfide) groups is 1. The molecule has 0 radical (unpaired) electrons. The summed E-state index contributed by atoms with van der Waals surface area (Å²) < 4.78 is 2.01. The number of hydrogen-bond acceptors (Lipinski definition) is 4. The summed E-state index contributed by atoms with van der Waals surface area (Å²) in [6.07, 6.45) is 2.17. The zero-order valence-electron chi connectivity index (χ0n) is 14.5. The van der Waals surface area contributed by atoms with E-state index in [9.17, 15) is 4.79 Å². The lowest BCUT2D eigenvalue weighted by Crippen LogP contribution is -2.32. The van der Waals surface area contributed by atoms with Crippen LogP contribution in [0.15, 0.2) is 65.8 Å². The molecule has 5 nitrogen and oxygen atoms in total. The predicted molar refractivity (Wildman–Crippen MR) is 103 cm³/mol. The van der Waals surface area contributed by atoms with Gasteiger partial charge in [0.1, 0.15) is 0 Å². The highest BCUT2D eigenvalue weighted by Gasteiger charge is 2.27. The van der Waals surface area contributed by atoms with Crippen molar-refractivity contribution in [2.75, 3.05) is 0 Å². The fraction of sp³-hybridized carbons (Fsp3) is 0.250. The van der Waals surface area contributed by atoms with E-state index in [1.54, 1.807) is 0 Å². The molecule has 0 aliphatic heterocycles. The predicted octanol–water partition coefficient (Wildman–Crippen LogP) is 3.69. The maximum atomic E-state index is 12.3. The Kier molecular flexibility index (Phi) is 4.75. The Morgan fingerprint density at radius 1 is 1.08 bits per heavy atom. The van der Waals surface area contributed by atoms with Crippen molar-refractivity contribution in [3.63, 3.8) is 0 Å². The van der Waals surface area contributed by atoms with E-state index in [2.05, 4.69) is 15.5 Å². The molecule has 1 aliphatic rings. The summed E-state index contributed by atoms with van der Waals surface area (Å²) in [4.78, 5) is 12.3. The molecular formula is C20H20N4OS. The van der Waals surface area contributed by atoms with Gasteiger partial charge in [0.15, 0.2) is 11.0 Å². The molecular weight excluding hydrogens is 344 g/mol. The Morgan fingerprint density at radius 3 is 2.38 bits per heavy atom. The Hall–Kier alpha value is -2.60. The maximum Gasteiger partial charge on any atom is 0.233 e. The fourth-order valence-corrected chi connectivity index (χ4v) is 3.56. The van der Waals surface area contributed by atoms with E-state index in [-0.39, 0.29) is 11.2 Å². The molecule has 0 bridgehead atoms. The first kappa shape index (κ1) is 16.8. The van der Waals surface area contributed by atoms with E-state index >= 15 is 0 Å². The van der Waals surface area contributed by atoms with E-state index in [1.165, 1.54) is 11.8 Å². The highest BCUT2D eigenvalue weighted by atomic mass is 32.2. The van der Waals surface area contributed by atoms with Crippen LogP contribution in [-0.2, 0) is 4.79 Å². The lowest BCUT2D eigenvalue weighted by atomic mass is 10.2. The average molecular weight is 364 g/mol. The largest absolute Gasteiger partial charge is 0.352 e. The third-order valence-corrected chi connectivity index (χ3v) is 5.30. The third kappa shape index (κ3) is 3.65. The Labute approximate surface area is 156 Å². The highest BCUT2D eigenvalue weighted by molar-refractivity contribution is 8.00. The summed E-state index contributed by atoms with van der Waals surface area (Å²) in [7, 11) is 0. The molecule has 1 N–H and O–H groups in total. The first-order valence-electron chi connectivity index (χ1n) is 8.75. The van der Waals surface area contributed by atoms with Crippen LogP contribution in [0.25, 0.3) is 17.1 Å². The summed E-state index contributed by atoms with van der Waals surface area (Å²) in [6.45, 7) is 1.91. The molecule has 4 rings (SSSR count). The number of nitrogens with zero attached hydrogens (tertiary/aromatic N) is 3. The minimum atomic E-state index is -0.231. The number of carbonyl (C=O) groups excluding carboxylic acids is 1. The second-order valence-corrected chi connectivity index (χ2v) is 7.69. The molecule has 1 heterocycles. The smallest absolute Gasteiger partial charge is 0.233 e. The molecule has 1 aromatic heterocycles. The number of carbonyl (C=O) groups is 1. The molecule has 1 fully saturated rings. The molecule has 1 saturated carbocycles. The quantitative estimate of drug-likeness (QED) is 0.678. The molecule has 1 amide bonds. The first-order valence-corrected chi connectivity index (χ1v) is 9.63. The van der Waals surface area contributed by atoms with Gasteiger partial charge in [0.25, 0.3) is 0 Å². The van der Waals surface area contributed by atoms with Gasteiger partial charge in [-0.05, 0) is 31.9 Å². The van der Waals surface area contributed by atoms with Gasteiger partial charge >= 0.3 is 0 Å². The number of hydrogen-bond donors (Lipinski definition) is 1. The average Bonchev–Trinajstić information content (AvgIpc) is 3.40. The van der Waals surface area contributed by atoms with E-state index in [0.29, 0.717) is 11.2 Å².